The molecule has 0 amide bonds. The molecule has 0 aromatic carbocycles. The summed E-state index contributed by atoms with van der Waals surface area (Å²) in [6.45, 7) is 0. The van der Waals surface area contributed by atoms with Gasteiger partial charge >= 0.3 is 11.4 Å². The van der Waals surface area contributed by atoms with E-state index in [9.17, 15) is 20.2 Å². The molecule has 0 saturated carbocycles. The molecule has 8 nitrogen and oxygen atoms in total. The highest BCUT2D eigenvalue weighted by Gasteiger charge is 2.28. The number of hydrogen-bond donors (Lipinski definition) is 0. The average molecular weight is 315 g/mol. The predicted molar refractivity (Wildman–Crippen MR) is 70.8 cm³/mol. The summed E-state index contributed by atoms with van der Waals surface area (Å²) in [5.74, 6) is 0. The summed E-state index contributed by atoms with van der Waals surface area (Å²) in [6.07, 6.45) is 2.42. The Morgan fingerprint density at radius 3 is 1.50 bits per heavy atom. The Labute approximate surface area is 121 Å². The van der Waals surface area contributed by atoms with E-state index in [-0.39, 0.29) is 21.4 Å². The first-order valence-corrected chi connectivity index (χ1v) is 5.77. The van der Waals surface area contributed by atoms with Crippen molar-refractivity contribution >= 4 is 34.6 Å². The third-order valence-corrected chi connectivity index (χ3v) is 2.97. The summed E-state index contributed by atoms with van der Waals surface area (Å²) in [7, 11) is 0. The van der Waals surface area contributed by atoms with Gasteiger partial charge in [0, 0.05) is 12.4 Å². The second-order valence-corrected chi connectivity index (χ2v) is 4.23. The highest BCUT2D eigenvalue weighted by molar-refractivity contribution is 6.33. The summed E-state index contributed by atoms with van der Waals surface area (Å²) in [5.41, 5.74) is -1.16. The number of halogens is 2. The summed E-state index contributed by atoms with van der Waals surface area (Å²) in [4.78, 5) is 27.7. The first kappa shape index (κ1) is 14.1. The number of pyridine rings is 2. The zero-order valence-electron chi connectivity index (χ0n) is 9.49. The zero-order valence-corrected chi connectivity index (χ0v) is 11.0. The van der Waals surface area contributed by atoms with Gasteiger partial charge in [-0.2, -0.15) is 0 Å². The summed E-state index contributed by atoms with van der Waals surface area (Å²) < 4.78 is 0. The van der Waals surface area contributed by atoms with Crippen molar-refractivity contribution in [2.45, 2.75) is 0 Å². The molecule has 0 saturated heterocycles. The minimum atomic E-state index is -0.761. The van der Waals surface area contributed by atoms with Crippen LogP contribution in [0.1, 0.15) is 0 Å². The number of hydrogen-bond acceptors (Lipinski definition) is 6. The Morgan fingerprint density at radius 1 is 0.850 bits per heavy atom. The van der Waals surface area contributed by atoms with Crippen molar-refractivity contribution in [2.24, 2.45) is 0 Å². The third-order valence-electron chi connectivity index (χ3n) is 2.41. The third kappa shape index (κ3) is 2.38. The van der Waals surface area contributed by atoms with Gasteiger partial charge < -0.3 is 0 Å². The lowest BCUT2D eigenvalue weighted by Crippen LogP contribution is -1.99. The molecule has 20 heavy (non-hydrogen) atoms. The largest absolute Gasteiger partial charge is 0.314 e. The Kier molecular flexibility index (Phi) is 3.77. The molecular formula is C10H4Cl2N4O4. The molecule has 0 aliphatic rings. The molecule has 10 heteroatoms. The van der Waals surface area contributed by atoms with Gasteiger partial charge in [0.2, 0.25) is 10.3 Å². The Hall–Kier alpha value is -2.32. The normalized spacial score (nSPS) is 10.3. The molecule has 0 spiro atoms. The Morgan fingerprint density at radius 2 is 1.20 bits per heavy atom. The van der Waals surface area contributed by atoms with Crippen LogP contribution < -0.4 is 0 Å². The highest BCUT2D eigenvalue weighted by atomic mass is 35.5. The maximum Gasteiger partial charge on any atom is 0.314 e. The van der Waals surface area contributed by atoms with Crippen LogP contribution in [0.2, 0.25) is 10.3 Å². The summed E-state index contributed by atoms with van der Waals surface area (Å²) in [5, 5.41) is 21.4. The van der Waals surface area contributed by atoms with E-state index < -0.39 is 21.2 Å². The van der Waals surface area contributed by atoms with Gasteiger partial charge in [-0.15, -0.1) is 0 Å². The van der Waals surface area contributed by atoms with Crippen LogP contribution in [0, 0.1) is 20.2 Å². The molecule has 2 heterocycles. The van der Waals surface area contributed by atoms with Crippen molar-refractivity contribution in [1.82, 2.24) is 9.97 Å². The monoisotopic (exact) mass is 314 g/mol. The summed E-state index contributed by atoms with van der Waals surface area (Å²) in [6, 6.07) is 2.51. The van der Waals surface area contributed by atoms with E-state index in [1.54, 1.807) is 0 Å². The van der Waals surface area contributed by atoms with Gasteiger partial charge in [0.15, 0.2) is 0 Å². The SMILES string of the molecule is O=[N+]([O-])c1c(-c2ccnc(Cl)c2[N+](=O)[O-])ccnc1Cl. The second kappa shape index (κ2) is 5.35. The molecular weight excluding hydrogens is 311 g/mol. The van der Waals surface area contributed by atoms with Crippen molar-refractivity contribution < 1.29 is 9.85 Å². The fourth-order valence-corrected chi connectivity index (χ4v) is 2.09. The smallest absolute Gasteiger partial charge is 0.258 e. The van der Waals surface area contributed by atoms with Gasteiger partial charge in [0.1, 0.15) is 0 Å². The molecule has 0 unspecified atom stereocenters. The number of aromatic nitrogens is 2. The second-order valence-electron chi connectivity index (χ2n) is 3.51. The van der Waals surface area contributed by atoms with E-state index in [0.717, 1.165) is 0 Å². The van der Waals surface area contributed by atoms with Gasteiger partial charge in [0.05, 0.1) is 21.0 Å². The molecule has 0 N–H and O–H groups in total. The molecule has 0 atom stereocenters. The van der Waals surface area contributed by atoms with Gasteiger partial charge in [-0.3, -0.25) is 20.2 Å². The molecule has 0 bridgehead atoms. The lowest BCUT2D eigenvalue weighted by atomic mass is 10.1. The van der Waals surface area contributed by atoms with Crippen LogP contribution in [0.25, 0.3) is 11.1 Å². The lowest BCUT2D eigenvalue weighted by Gasteiger charge is -2.05. The lowest BCUT2D eigenvalue weighted by molar-refractivity contribution is -0.386. The van der Waals surface area contributed by atoms with Crippen LogP contribution in [-0.2, 0) is 0 Å². The van der Waals surface area contributed by atoms with E-state index in [0.29, 0.717) is 0 Å². The van der Waals surface area contributed by atoms with Crippen LogP contribution in [-0.4, -0.2) is 19.8 Å². The number of nitrogens with zero attached hydrogens (tertiary/aromatic N) is 4. The van der Waals surface area contributed by atoms with E-state index >= 15 is 0 Å². The minimum Gasteiger partial charge on any atom is -0.258 e. The fraction of sp³-hybridized carbons (Fsp3) is 0. The van der Waals surface area contributed by atoms with Crippen LogP contribution in [0.5, 0.6) is 0 Å². The Bertz CT molecular complexity index is 661. The number of nitro groups is 2. The Balaban J connectivity index is 2.83. The van der Waals surface area contributed by atoms with Crippen molar-refractivity contribution in [3.8, 4) is 11.1 Å². The van der Waals surface area contributed by atoms with Crippen LogP contribution in [0.3, 0.4) is 0 Å². The van der Waals surface area contributed by atoms with Crippen LogP contribution in [0.15, 0.2) is 24.5 Å². The average Bonchev–Trinajstić information content (AvgIpc) is 2.37. The van der Waals surface area contributed by atoms with Crippen molar-refractivity contribution in [1.29, 1.82) is 0 Å². The van der Waals surface area contributed by atoms with E-state index in [1.807, 2.05) is 0 Å². The molecule has 0 aliphatic heterocycles. The first-order valence-electron chi connectivity index (χ1n) is 5.01. The van der Waals surface area contributed by atoms with Gasteiger partial charge in [-0.25, -0.2) is 9.97 Å². The zero-order chi connectivity index (χ0) is 14.9. The van der Waals surface area contributed by atoms with Gasteiger partial charge in [-0.1, -0.05) is 23.2 Å². The maximum absolute atomic E-state index is 11.0. The van der Waals surface area contributed by atoms with Crippen LogP contribution in [0.4, 0.5) is 11.4 Å². The van der Waals surface area contributed by atoms with Gasteiger partial charge in [-0.05, 0) is 12.1 Å². The predicted octanol–water partition coefficient (Wildman–Crippen LogP) is 3.27. The molecule has 2 rings (SSSR count). The highest BCUT2D eigenvalue weighted by Crippen LogP contribution is 2.40. The van der Waals surface area contributed by atoms with Crippen molar-refractivity contribution in [2.75, 3.05) is 0 Å². The fourth-order valence-electron chi connectivity index (χ4n) is 1.64. The maximum atomic E-state index is 11.0. The van der Waals surface area contributed by atoms with E-state index in [4.69, 9.17) is 23.2 Å². The van der Waals surface area contributed by atoms with Crippen LogP contribution >= 0.6 is 23.2 Å². The standard InChI is InChI=1S/C10H4Cl2N4O4/c11-9-7(15(17)18)5(1-3-13-9)6-2-4-14-10(12)8(6)16(19)20/h1-4H. The molecule has 0 aliphatic carbocycles. The van der Waals surface area contributed by atoms with Gasteiger partial charge in [0.25, 0.3) is 0 Å². The van der Waals surface area contributed by atoms with E-state index in [2.05, 4.69) is 9.97 Å². The molecule has 0 fully saturated rings. The molecule has 2 aromatic rings. The topological polar surface area (TPSA) is 112 Å². The van der Waals surface area contributed by atoms with E-state index in [1.165, 1.54) is 24.5 Å². The first-order chi connectivity index (χ1) is 9.43. The molecule has 2 aromatic heterocycles. The van der Waals surface area contributed by atoms with Crippen molar-refractivity contribution in [3.63, 3.8) is 0 Å². The number of rotatable bonds is 3. The molecule has 102 valence electrons. The van der Waals surface area contributed by atoms with Crippen molar-refractivity contribution in [3.05, 3.63) is 55.1 Å². The quantitative estimate of drug-likeness (QED) is 0.488. The minimum absolute atomic E-state index is 0.0500. The molecule has 0 radical (unpaired) electrons. The summed E-state index contributed by atoms with van der Waals surface area (Å²) >= 11 is 11.3.